The summed E-state index contributed by atoms with van der Waals surface area (Å²) in [4.78, 5) is 3.41. The van der Waals surface area contributed by atoms with E-state index < -0.39 is 32.6 Å². The second kappa shape index (κ2) is 4.40. The van der Waals surface area contributed by atoms with Gasteiger partial charge < -0.3 is 0 Å². The average molecular weight is 312 g/mol. The van der Waals surface area contributed by atoms with Gasteiger partial charge in [0.15, 0.2) is 5.03 Å². The number of sulfonamides is 1. The van der Waals surface area contributed by atoms with Crippen LogP contribution in [0.5, 0.6) is 0 Å². The van der Waals surface area contributed by atoms with E-state index in [0.29, 0.717) is 0 Å². The van der Waals surface area contributed by atoms with Crippen molar-refractivity contribution in [3.8, 4) is 6.07 Å². The molecular weight excluding hydrogens is 308 g/mol. The van der Waals surface area contributed by atoms with Gasteiger partial charge in [-0.3, -0.25) is 0 Å². The minimum Gasteiger partial charge on any atom is -0.227 e. The third-order valence-corrected chi connectivity index (χ3v) is 2.84. The fraction of sp³-hybridized carbons (Fsp3) is 0.143. The van der Waals surface area contributed by atoms with Gasteiger partial charge in [0.25, 0.3) is 16.4 Å². The van der Waals surface area contributed by atoms with E-state index in [-0.39, 0.29) is 4.60 Å². The number of nitrogens with zero attached hydrogens (tertiary/aromatic N) is 2. The van der Waals surface area contributed by atoms with Crippen molar-refractivity contribution in [3.05, 3.63) is 21.8 Å². The largest absolute Gasteiger partial charge is 0.265 e. The summed E-state index contributed by atoms with van der Waals surface area (Å²) in [5, 5.41) is 12.5. The van der Waals surface area contributed by atoms with Crippen LogP contribution in [0.4, 0.5) is 8.78 Å². The Kier molecular flexibility index (Phi) is 3.57. The van der Waals surface area contributed by atoms with Crippen LogP contribution in [0.2, 0.25) is 0 Å². The summed E-state index contributed by atoms with van der Waals surface area (Å²) >= 11 is 2.76. The highest BCUT2D eigenvalue weighted by molar-refractivity contribution is 9.10. The van der Waals surface area contributed by atoms with Crippen LogP contribution in [0.25, 0.3) is 0 Å². The molecule has 86 valence electrons. The fourth-order valence-electron chi connectivity index (χ4n) is 0.999. The SMILES string of the molecule is N#Cc1c(C(F)F)cc(Br)nc1S(N)(=O)=O. The molecule has 0 saturated heterocycles. The molecule has 0 aliphatic heterocycles. The van der Waals surface area contributed by atoms with E-state index >= 15 is 0 Å². The Morgan fingerprint density at radius 1 is 1.56 bits per heavy atom. The molecule has 1 heterocycles. The number of pyridine rings is 1. The summed E-state index contributed by atoms with van der Waals surface area (Å²) < 4.78 is 47.0. The molecule has 0 saturated carbocycles. The Morgan fingerprint density at radius 2 is 2.12 bits per heavy atom. The number of nitrogens with two attached hydrogens (primary N) is 1. The van der Waals surface area contributed by atoms with E-state index in [4.69, 9.17) is 10.4 Å². The maximum Gasteiger partial charge on any atom is 0.265 e. The van der Waals surface area contributed by atoms with Crippen molar-refractivity contribution in [2.75, 3.05) is 0 Å². The molecule has 0 unspecified atom stereocenters. The highest BCUT2D eigenvalue weighted by Crippen LogP contribution is 2.28. The van der Waals surface area contributed by atoms with E-state index in [1.807, 2.05) is 0 Å². The molecule has 0 fully saturated rings. The van der Waals surface area contributed by atoms with Crippen molar-refractivity contribution in [3.63, 3.8) is 0 Å². The Balaban J connectivity index is 3.71. The molecule has 0 aliphatic rings. The smallest absolute Gasteiger partial charge is 0.227 e. The zero-order valence-corrected chi connectivity index (χ0v) is 9.89. The number of hydrogen-bond donors (Lipinski definition) is 1. The van der Waals surface area contributed by atoms with E-state index in [2.05, 4.69) is 20.9 Å². The van der Waals surface area contributed by atoms with Gasteiger partial charge in [-0.25, -0.2) is 27.3 Å². The Labute approximate surface area is 98.1 Å². The molecular formula is C7H4BrF2N3O2S. The van der Waals surface area contributed by atoms with E-state index in [9.17, 15) is 17.2 Å². The quantitative estimate of drug-likeness (QED) is 0.832. The van der Waals surface area contributed by atoms with Crippen LogP contribution < -0.4 is 5.14 Å². The third kappa shape index (κ3) is 2.52. The Morgan fingerprint density at radius 3 is 2.50 bits per heavy atom. The van der Waals surface area contributed by atoms with Gasteiger partial charge in [0, 0.05) is 5.56 Å². The van der Waals surface area contributed by atoms with Gasteiger partial charge in [-0.2, -0.15) is 5.26 Å². The van der Waals surface area contributed by atoms with E-state index in [1.54, 1.807) is 0 Å². The second-order valence-corrected chi connectivity index (χ2v) is 4.96. The van der Waals surface area contributed by atoms with Crippen molar-refractivity contribution in [2.45, 2.75) is 11.5 Å². The minimum atomic E-state index is -4.32. The lowest BCUT2D eigenvalue weighted by Gasteiger charge is -2.07. The van der Waals surface area contributed by atoms with Gasteiger partial charge in [-0.15, -0.1) is 0 Å². The first-order chi connectivity index (χ1) is 7.27. The van der Waals surface area contributed by atoms with Crippen LogP contribution in [0, 0.1) is 11.3 Å². The number of aromatic nitrogens is 1. The van der Waals surface area contributed by atoms with Crippen molar-refractivity contribution in [1.29, 1.82) is 5.26 Å². The second-order valence-electron chi connectivity index (χ2n) is 2.67. The predicted molar refractivity (Wildman–Crippen MR) is 53.0 cm³/mol. The summed E-state index contributed by atoms with van der Waals surface area (Å²) in [5.41, 5.74) is -1.46. The molecule has 0 aliphatic carbocycles. The van der Waals surface area contributed by atoms with E-state index in [1.165, 1.54) is 6.07 Å². The van der Waals surface area contributed by atoms with Gasteiger partial charge in [0.05, 0.1) is 5.56 Å². The average Bonchev–Trinajstić information content (AvgIpc) is 2.14. The topological polar surface area (TPSA) is 96.8 Å². The molecule has 0 bridgehead atoms. The maximum absolute atomic E-state index is 12.5. The molecule has 0 radical (unpaired) electrons. The normalized spacial score (nSPS) is 11.5. The number of nitriles is 1. The van der Waals surface area contributed by atoms with Crippen LogP contribution in [0.15, 0.2) is 15.7 Å². The van der Waals surface area contributed by atoms with Crippen LogP contribution in [0.3, 0.4) is 0 Å². The number of rotatable bonds is 2. The standard InChI is InChI=1S/C7H4BrF2N3O2S/c8-5-1-3(6(9)10)4(2-11)7(13-5)16(12,14)15/h1,6H,(H2,12,14,15). The first-order valence-electron chi connectivity index (χ1n) is 3.69. The highest BCUT2D eigenvalue weighted by Gasteiger charge is 2.24. The van der Waals surface area contributed by atoms with Crippen molar-refractivity contribution >= 4 is 26.0 Å². The molecule has 2 N–H and O–H groups in total. The minimum absolute atomic E-state index is 0.133. The van der Waals surface area contributed by atoms with Gasteiger partial charge in [0.1, 0.15) is 10.7 Å². The van der Waals surface area contributed by atoms with Gasteiger partial charge in [0.2, 0.25) is 0 Å². The summed E-state index contributed by atoms with van der Waals surface area (Å²) in [6.45, 7) is 0. The zero-order valence-electron chi connectivity index (χ0n) is 7.49. The Hall–Kier alpha value is -1.11. The molecule has 0 amide bonds. The van der Waals surface area contributed by atoms with Crippen LogP contribution in [-0.2, 0) is 10.0 Å². The molecule has 1 rings (SSSR count). The number of halogens is 3. The molecule has 9 heteroatoms. The van der Waals surface area contributed by atoms with Gasteiger partial charge in [-0.1, -0.05) is 0 Å². The monoisotopic (exact) mass is 311 g/mol. The van der Waals surface area contributed by atoms with Crippen molar-refractivity contribution < 1.29 is 17.2 Å². The first-order valence-corrected chi connectivity index (χ1v) is 6.02. The summed E-state index contributed by atoms with van der Waals surface area (Å²) in [6.07, 6.45) is -2.99. The lowest BCUT2D eigenvalue weighted by atomic mass is 10.1. The predicted octanol–water partition coefficient (Wildman–Crippen LogP) is 1.30. The molecule has 0 atom stereocenters. The Bertz CT molecular complexity index is 568. The molecule has 0 aromatic carbocycles. The highest BCUT2D eigenvalue weighted by atomic mass is 79.9. The number of primary sulfonamides is 1. The van der Waals surface area contributed by atoms with Gasteiger partial charge in [-0.05, 0) is 22.0 Å². The van der Waals surface area contributed by atoms with Crippen molar-refractivity contribution in [2.24, 2.45) is 5.14 Å². The molecule has 5 nitrogen and oxygen atoms in total. The van der Waals surface area contributed by atoms with Crippen molar-refractivity contribution in [1.82, 2.24) is 4.98 Å². The maximum atomic E-state index is 12.5. The molecule has 0 spiro atoms. The zero-order chi connectivity index (χ0) is 12.5. The number of hydrogen-bond acceptors (Lipinski definition) is 4. The fourth-order valence-corrected chi connectivity index (χ4v) is 2.21. The summed E-state index contributed by atoms with van der Waals surface area (Å²) in [5.74, 6) is 0. The molecule has 16 heavy (non-hydrogen) atoms. The van der Waals surface area contributed by atoms with Crippen LogP contribution in [-0.4, -0.2) is 13.4 Å². The third-order valence-electron chi connectivity index (χ3n) is 1.60. The first kappa shape index (κ1) is 13.0. The number of alkyl halides is 2. The van der Waals surface area contributed by atoms with E-state index in [0.717, 1.165) is 6.07 Å². The summed E-state index contributed by atoms with van der Waals surface area (Å²) in [7, 11) is -4.32. The van der Waals surface area contributed by atoms with Gasteiger partial charge >= 0.3 is 0 Å². The lowest BCUT2D eigenvalue weighted by molar-refractivity contribution is 0.150. The van der Waals surface area contributed by atoms with Crippen LogP contribution in [0.1, 0.15) is 17.6 Å². The van der Waals surface area contributed by atoms with Crippen LogP contribution >= 0.6 is 15.9 Å². The summed E-state index contributed by atoms with van der Waals surface area (Å²) in [6, 6.07) is 2.23. The molecule has 1 aromatic heterocycles. The molecule has 1 aromatic rings. The lowest BCUT2D eigenvalue weighted by Crippen LogP contribution is -2.17.